The maximum atomic E-state index is 10.9. The van der Waals surface area contributed by atoms with Crippen LogP contribution >= 0.6 is 0 Å². The van der Waals surface area contributed by atoms with Crippen LogP contribution in [-0.2, 0) is 14.3 Å². The highest BCUT2D eigenvalue weighted by Gasteiger charge is 2.45. The molecule has 0 aromatic heterocycles. The van der Waals surface area contributed by atoms with Gasteiger partial charge in [-0.2, -0.15) is 0 Å². The largest absolute Gasteiger partial charge is 0.394 e. The van der Waals surface area contributed by atoms with Gasteiger partial charge in [-0.05, 0) is 0 Å². The Morgan fingerprint density at radius 3 is 2.56 bits per heavy atom. The van der Waals surface area contributed by atoms with Gasteiger partial charge in [0.15, 0.2) is 6.29 Å². The van der Waals surface area contributed by atoms with Crippen LogP contribution < -0.4 is 5.32 Å². The van der Waals surface area contributed by atoms with Crippen molar-refractivity contribution in [2.45, 2.75) is 37.6 Å². The Balaban J connectivity index is 2.78. The van der Waals surface area contributed by atoms with Crippen molar-refractivity contribution in [2.24, 2.45) is 0 Å². The number of amides is 1. The van der Waals surface area contributed by atoms with Gasteiger partial charge in [-0.3, -0.25) is 4.79 Å². The molecule has 0 spiro atoms. The second-order valence-corrected chi connectivity index (χ2v) is 3.66. The molecule has 5 atom stereocenters. The van der Waals surface area contributed by atoms with Gasteiger partial charge >= 0.3 is 0 Å². The maximum Gasteiger partial charge on any atom is 0.217 e. The SMILES string of the molecule is CO[C@@H]1[C@H](O)[C@H](CO)O[C@H](O)[C@@H]1NC(C)=O. The first-order chi connectivity index (χ1) is 7.51. The molecule has 0 radical (unpaired) electrons. The average Bonchev–Trinajstić information content (AvgIpc) is 2.23. The molecule has 1 aliphatic rings. The number of nitrogens with one attached hydrogen (secondary N) is 1. The van der Waals surface area contributed by atoms with Crippen LogP contribution in [0, 0.1) is 0 Å². The zero-order chi connectivity index (χ0) is 12.3. The van der Waals surface area contributed by atoms with Crippen LogP contribution in [-0.4, -0.2) is 65.6 Å². The highest BCUT2D eigenvalue weighted by atomic mass is 16.6. The van der Waals surface area contributed by atoms with Crippen LogP contribution in [0.3, 0.4) is 0 Å². The standard InChI is InChI=1S/C9H17NO6/c1-4(12)10-6-8(15-2)7(13)5(3-11)16-9(6)14/h5-9,11,13-14H,3H2,1-2H3,(H,10,12)/t5-,6+,7+,8-,9-/m0/s1. The molecular formula is C9H17NO6. The second kappa shape index (κ2) is 5.55. The van der Waals surface area contributed by atoms with Gasteiger partial charge in [-0.25, -0.2) is 0 Å². The number of methoxy groups -OCH3 is 1. The lowest BCUT2D eigenvalue weighted by Gasteiger charge is -2.41. The predicted octanol–water partition coefficient (Wildman–Crippen LogP) is -2.42. The minimum absolute atomic E-state index is 0.371. The van der Waals surface area contributed by atoms with E-state index in [9.17, 15) is 15.0 Å². The van der Waals surface area contributed by atoms with Crippen LogP contribution in [0.5, 0.6) is 0 Å². The fourth-order valence-corrected chi connectivity index (χ4v) is 1.76. The predicted molar refractivity (Wildman–Crippen MR) is 52.4 cm³/mol. The number of aliphatic hydroxyl groups excluding tert-OH is 3. The molecule has 1 aliphatic heterocycles. The Hall–Kier alpha value is -0.730. The number of ether oxygens (including phenoxy) is 2. The first kappa shape index (κ1) is 13.3. The normalized spacial score (nSPS) is 39.4. The highest BCUT2D eigenvalue weighted by molar-refractivity contribution is 5.73. The van der Waals surface area contributed by atoms with Crippen LogP contribution in [0.1, 0.15) is 6.92 Å². The van der Waals surface area contributed by atoms with E-state index in [1.807, 2.05) is 0 Å². The summed E-state index contributed by atoms with van der Waals surface area (Å²) in [5.41, 5.74) is 0. The summed E-state index contributed by atoms with van der Waals surface area (Å²) in [6.45, 7) is 0.842. The van der Waals surface area contributed by atoms with Gasteiger partial charge in [0.25, 0.3) is 0 Å². The minimum atomic E-state index is -1.32. The van der Waals surface area contributed by atoms with E-state index in [4.69, 9.17) is 14.6 Å². The van der Waals surface area contributed by atoms with Crippen molar-refractivity contribution in [1.29, 1.82) is 0 Å². The van der Waals surface area contributed by atoms with Crippen molar-refractivity contribution in [3.63, 3.8) is 0 Å². The third-order valence-electron chi connectivity index (χ3n) is 2.51. The van der Waals surface area contributed by atoms with Crippen molar-refractivity contribution < 1.29 is 29.6 Å². The first-order valence-corrected chi connectivity index (χ1v) is 4.93. The summed E-state index contributed by atoms with van der Waals surface area (Å²) < 4.78 is 9.96. The molecule has 0 aliphatic carbocycles. The van der Waals surface area contributed by atoms with Gasteiger partial charge in [0, 0.05) is 14.0 Å². The number of hydrogen-bond acceptors (Lipinski definition) is 6. The smallest absolute Gasteiger partial charge is 0.217 e. The molecule has 0 aromatic rings. The molecule has 0 saturated carbocycles. The number of hydrogen-bond donors (Lipinski definition) is 4. The Labute approximate surface area is 93.0 Å². The summed E-state index contributed by atoms with van der Waals surface area (Å²) in [6, 6.07) is -0.861. The number of carbonyl (C=O) groups is 1. The molecule has 1 heterocycles. The average molecular weight is 235 g/mol. The quantitative estimate of drug-likeness (QED) is 0.433. The van der Waals surface area contributed by atoms with Gasteiger partial charge in [0.1, 0.15) is 24.4 Å². The van der Waals surface area contributed by atoms with Crippen molar-refractivity contribution >= 4 is 5.91 Å². The Kier molecular flexibility index (Phi) is 4.63. The van der Waals surface area contributed by atoms with Gasteiger partial charge in [0.2, 0.25) is 5.91 Å². The fourth-order valence-electron chi connectivity index (χ4n) is 1.76. The topological polar surface area (TPSA) is 108 Å². The van der Waals surface area contributed by atoms with E-state index in [0.29, 0.717) is 0 Å². The fraction of sp³-hybridized carbons (Fsp3) is 0.889. The third-order valence-corrected chi connectivity index (χ3v) is 2.51. The molecule has 94 valence electrons. The minimum Gasteiger partial charge on any atom is -0.394 e. The Morgan fingerprint density at radius 2 is 2.12 bits per heavy atom. The van der Waals surface area contributed by atoms with Crippen LogP contribution in [0.15, 0.2) is 0 Å². The van der Waals surface area contributed by atoms with E-state index in [-0.39, 0.29) is 5.91 Å². The van der Waals surface area contributed by atoms with Gasteiger partial charge in [-0.1, -0.05) is 0 Å². The van der Waals surface area contributed by atoms with E-state index in [1.54, 1.807) is 0 Å². The summed E-state index contributed by atoms with van der Waals surface area (Å²) in [5, 5.41) is 30.7. The molecule has 1 rings (SSSR count). The van der Waals surface area contributed by atoms with Crippen LogP contribution in [0.2, 0.25) is 0 Å². The number of rotatable bonds is 3. The zero-order valence-electron chi connectivity index (χ0n) is 9.16. The first-order valence-electron chi connectivity index (χ1n) is 4.93. The van der Waals surface area contributed by atoms with E-state index in [2.05, 4.69) is 5.32 Å². The summed E-state index contributed by atoms with van der Waals surface area (Å²) >= 11 is 0. The second-order valence-electron chi connectivity index (χ2n) is 3.66. The molecule has 1 fully saturated rings. The lowest BCUT2D eigenvalue weighted by atomic mass is 9.97. The Bertz CT molecular complexity index is 248. The Morgan fingerprint density at radius 1 is 1.50 bits per heavy atom. The zero-order valence-corrected chi connectivity index (χ0v) is 9.16. The summed E-state index contributed by atoms with van der Waals surface area (Å²) in [5.74, 6) is -0.371. The molecule has 4 N–H and O–H groups in total. The van der Waals surface area contributed by atoms with Crippen LogP contribution in [0.4, 0.5) is 0 Å². The highest BCUT2D eigenvalue weighted by Crippen LogP contribution is 2.21. The number of carbonyl (C=O) groups excluding carboxylic acids is 1. The third kappa shape index (κ3) is 2.69. The monoisotopic (exact) mass is 235 g/mol. The van der Waals surface area contributed by atoms with Crippen molar-refractivity contribution in [3.05, 3.63) is 0 Å². The molecule has 0 unspecified atom stereocenters. The van der Waals surface area contributed by atoms with Crippen molar-refractivity contribution in [2.75, 3.05) is 13.7 Å². The van der Waals surface area contributed by atoms with E-state index in [1.165, 1.54) is 14.0 Å². The number of aliphatic hydroxyl groups is 3. The van der Waals surface area contributed by atoms with Gasteiger partial charge in [0.05, 0.1) is 6.61 Å². The molecule has 1 amide bonds. The molecule has 1 saturated heterocycles. The van der Waals surface area contributed by atoms with E-state index in [0.717, 1.165) is 0 Å². The summed E-state index contributed by atoms with van der Waals surface area (Å²) in [6.07, 6.45) is -4.19. The lowest BCUT2D eigenvalue weighted by molar-refractivity contribution is -0.258. The molecule has 7 heteroatoms. The summed E-state index contributed by atoms with van der Waals surface area (Å²) in [4.78, 5) is 10.9. The molecule has 16 heavy (non-hydrogen) atoms. The molecule has 0 aromatic carbocycles. The van der Waals surface area contributed by atoms with E-state index >= 15 is 0 Å². The maximum absolute atomic E-state index is 10.9. The summed E-state index contributed by atoms with van der Waals surface area (Å²) in [7, 11) is 1.34. The van der Waals surface area contributed by atoms with Crippen molar-refractivity contribution in [3.8, 4) is 0 Å². The van der Waals surface area contributed by atoms with Gasteiger partial charge in [-0.15, -0.1) is 0 Å². The van der Waals surface area contributed by atoms with Crippen molar-refractivity contribution in [1.82, 2.24) is 5.32 Å². The molecular weight excluding hydrogens is 218 g/mol. The molecule has 0 bridgehead atoms. The lowest BCUT2D eigenvalue weighted by Crippen LogP contribution is -2.64. The van der Waals surface area contributed by atoms with Crippen LogP contribution in [0.25, 0.3) is 0 Å². The van der Waals surface area contributed by atoms with E-state index < -0.39 is 37.3 Å². The van der Waals surface area contributed by atoms with Gasteiger partial charge < -0.3 is 30.1 Å². The molecule has 7 nitrogen and oxygen atoms in total.